The Morgan fingerprint density at radius 2 is 2.24 bits per heavy atom. The van der Waals surface area contributed by atoms with Crippen molar-refractivity contribution >= 4 is 29.3 Å². The highest BCUT2D eigenvalue weighted by atomic mass is 32.2. The molecule has 1 N–H and O–H groups in total. The van der Waals surface area contributed by atoms with E-state index in [2.05, 4.69) is 0 Å². The molecule has 0 spiro atoms. The van der Waals surface area contributed by atoms with Gasteiger partial charge in [0.1, 0.15) is 0 Å². The van der Waals surface area contributed by atoms with Crippen molar-refractivity contribution in [2.24, 2.45) is 0 Å². The van der Waals surface area contributed by atoms with Crippen LogP contribution in [0.3, 0.4) is 0 Å². The summed E-state index contributed by atoms with van der Waals surface area (Å²) in [5, 5.41) is 8.96. The van der Waals surface area contributed by atoms with Gasteiger partial charge in [0.15, 0.2) is 0 Å². The fourth-order valence-electron chi connectivity index (χ4n) is 1.71. The van der Waals surface area contributed by atoms with E-state index in [-0.39, 0.29) is 5.91 Å². The van der Waals surface area contributed by atoms with Crippen molar-refractivity contribution in [2.45, 2.75) is 17.7 Å². The van der Waals surface area contributed by atoms with Gasteiger partial charge in [0.25, 0.3) is 0 Å². The molecule has 0 aliphatic carbocycles. The lowest BCUT2D eigenvalue weighted by atomic mass is 10.0. The van der Waals surface area contributed by atoms with Crippen LogP contribution >= 0.6 is 11.8 Å². The van der Waals surface area contributed by atoms with Crippen LogP contribution in [0.1, 0.15) is 18.4 Å². The zero-order valence-electron chi connectivity index (χ0n) is 9.64. The Labute approximate surface area is 104 Å². The van der Waals surface area contributed by atoms with Crippen molar-refractivity contribution in [1.29, 1.82) is 0 Å². The number of fused-ring (bicyclic) bond motifs is 1. The maximum atomic E-state index is 11.5. The Balaban J connectivity index is 2.39. The number of benzene rings is 1. The van der Waals surface area contributed by atoms with Crippen molar-refractivity contribution in [1.82, 2.24) is 0 Å². The maximum absolute atomic E-state index is 11.5. The van der Waals surface area contributed by atoms with Gasteiger partial charge in [-0.05, 0) is 24.6 Å². The lowest BCUT2D eigenvalue weighted by Crippen LogP contribution is -2.31. The van der Waals surface area contributed by atoms with E-state index in [1.165, 1.54) is 11.8 Å². The summed E-state index contributed by atoms with van der Waals surface area (Å²) in [7, 11) is 1.74. The van der Waals surface area contributed by atoms with Crippen LogP contribution in [0.2, 0.25) is 0 Å². The molecule has 0 fully saturated rings. The normalized spacial score (nSPS) is 16.6. The molecule has 2 rings (SSSR count). The number of rotatable bonds is 2. The number of nitrogens with zero attached hydrogens (tertiary/aromatic N) is 1. The Morgan fingerprint density at radius 1 is 1.53 bits per heavy atom. The van der Waals surface area contributed by atoms with Crippen molar-refractivity contribution in [2.75, 3.05) is 17.7 Å². The van der Waals surface area contributed by atoms with Gasteiger partial charge in [0.05, 0.1) is 17.4 Å². The third-order valence-electron chi connectivity index (χ3n) is 2.94. The molecule has 1 heterocycles. The largest absolute Gasteiger partial charge is 0.481 e. The molecule has 4 nitrogen and oxygen atoms in total. The van der Waals surface area contributed by atoms with Gasteiger partial charge in [-0.3, -0.25) is 9.59 Å². The standard InChI is InChI=1S/C12H13NO3S/c1-7(12(15)16)8-3-4-9-10(5-8)17-6-11(14)13(9)2/h3-5,7H,6H2,1-2H3,(H,15,16). The van der Waals surface area contributed by atoms with Crippen LogP contribution in [0, 0.1) is 0 Å². The smallest absolute Gasteiger partial charge is 0.310 e. The fourth-order valence-corrected chi connectivity index (χ4v) is 2.75. The zero-order chi connectivity index (χ0) is 12.6. The quantitative estimate of drug-likeness (QED) is 0.872. The van der Waals surface area contributed by atoms with Gasteiger partial charge in [-0.15, -0.1) is 11.8 Å². The molecule has 0 radical (unpaired) electrons. The molecule has 0 bridgehead atoms. The summed E-state index contributed by atoms with van der Waals surface area (Å²) < 4.78 is 0. The number of hydrogen-bond donors (Lipinski definition) is 1. The first kappa shape index (κ1) is 12.0. The van der Waals surface area contributed by atoms with Crippen molar-refractivity contribution in [3.05, 3.63) is 23.8 Å². The zero-order valence-corrected chi connectivity index (χ0v) is 10.5. The van der Waals surface area contributed by atoms with Gasteiger partial charge in [0.2, 0.25) is 5.91 Å². The van der Waals surface area contributed by atoms with Crippen LogP contribution in [0.15, 0.2) is 23.1 Å². The van der Waals surface area contributed by atoms with Crippen LogP contribution in [0.4, 0.5) is 5.69 Å². The van der Waals surface area contributed by atoms with Crippen LogP contribution in [-0.4, -0.2) is 29.8 Å². The number of carbonyl (C=O) groups excluding carboxylic acids is 1. The average molecular weight is 251 g/mol. The molecule has 1 amide bonds. The van der Waals surface area contributed by atoms with E-state index < -0.39 is 11.9 Å². The molecule has 90 valence electrons. The first-order valence-electron chi connectivity index (χ1n) is 5.27. The second-order valence-corrected chi connectivity index (χ2v) is 5.05. The van der Waals surface area contributed by atoms with E-state index >= 15 is 0 Å². The van der Waals surface area contributed by atoms with Crippen LogP contribution < -0.4 is 4.90 Å². The van der Waals surface area contributed by atoms with E-state index in [1.54, 1.807) is 24.9 Å². The van der Waals surface area contributed by atoms with E-state index in [4.69, 9.17) is 5.11 Å². The van der Waals surface area contributed by atoms with Gasteiger partial charge in [-0.2, -0.15) is 0 Å². The fraction of sp³-hybridized carbons (Fsp3) is 0.333. The number of thioether (sulfide) groups is 1. The van der Waals surface area contributed by atoms with Crippen molar-refractivity contribution in [3.63, 3.8) is 0 Å². The summed E-state index contributed by atoms with van der Waals surface area (Å²) in [5.41, 5.74) is 1.62. The molecular weight excluding hydrogens is 238 g/mol. The lowest BCUT2D eigenvalue weighted by Gasteiger charge is -2.25. The Hall–Kier alpha value is -1.49. The molecule has 0 saturated heterocycles. The summed E-state index contributed by atoms with van der Waals surface area (Å²) in [6.07, 6.45) is 0. The summed E-state index contributed by atoms with van der Waals surface area (Å²) in [4.78, 5) is 25.0. The number of anilines is 1. The van der Waals surface area contributed by atoms with Gasteiger partial charge in [-0.25, -0.2) is 0 Å². The predicted octanol–water partition coefficient (Wildman–Crippen LogP) is 1.94. The number of hydrogen-bond acceptors (Lipinski definition) is 3. The van der Waals surface area contributed by atoms with Gasteiger partial charge in [-0.1, -0.05) is 6.07 Å². The Bertz CT molecular complexity index is 487. The minimum Gasteiger partial charge on any atom is -0.481 e. The third kappa shape index (κ3) is 2.15. The molecule has 17 heavy (non-hydrogen) atoms. The molecule has 0 aromatic heterocycles. The third-order valence-corrected chi connectivity index (χ3v) is 3.97. The molecule has 5 heteroatoms. The topological polar surface area (TPSA) is 57.6 Å². The number of carboxylic acids is 1. The molecular formula is C12H13NO3S. The second-order valence-electron chi connectivity index (χ2n) is 4.03. The molecule has 0 saturated carbocycles. The SMILES string of the molecule is CC(C(=O)O)c1ccc2c(c1)SCC(=O)N2C. The monoisotopic (exact) mass is 251 g/mol. The van der Waals surface area contributed by atoms with Gasteiger partial charge >= 0.3 is 5.97 Å². The van der Waals surface area contributed by atoms with E-state index in [1.807, 2.05) is 12.1 Å². The highest BCUT2D eigenvalue weighted by Gasteiger charge is 2.23. The summed E-state index contributed by atoms with van der Waals surface area (Å²) >= 11 is 1.46. The van der Waals surface area contributed by atoms with E-state index in [0.29, 0.717) is 5.75 Å². The summed E-state index contributed by atoms with van der Waals surface area (Å²) in [5.74, 6) is -0.880. The highest BCUT2D eigenvalue weighted by molar-refractivity contribution is 8.00. The van der Waals surface area contributed by atoms with Crippen molar-refractivity contribution < 1.29 is 14.7 Å². The first-order valence-corrected chi connectivity index (χ1v) is 6.25. The van der Waals surface area contributed by atoms with E-state index in [9.17, 15) is 9.59 Å². The number of aliphatic carboxylic acids is 1. The minimum absolute atomic E-state index is 0.0709. The highest BCUT2D eigenvalue weighted by Crippen LogP contribution is 2.36. The molecule has 1 aliphatic rings. The van der Waals surface area contributed by atoms with Gasteiger partial charge in [0, 0.05) is 11.9 Å². The van der Waals surface area contributed by atoms with Crippen LogP contribution in [-0.2, 0) is 9.59 Å². The minimum atomic E-state index is -0.838. The number of carbonyl (C=O) groups is 2. The molecule has 1 aromatic rings. The van der Waals surface area contributed by atoms with Crippen molar-refractivity contribution in [3.8, 4) is 0 Å². The Kier molecular flexibility index (Phi) is 3.11. The van der Waals surface area contributed by atoms with Crippen LogP contribution in [0.25, 0.3) is 0 Å². The average Bonchev–Trinajstić information content (AvgIpc) is 2.32. The molecule has 1 atom stereocenters. The number of amides is 1. The first-order chi connectivity index (χ1) is 8.00. The van der Waals surface area contributed by atoms with Crippen LogP contribution in [0.5, 0.6) is 0 Å². The summed E-state index contributed by atoms with van der Waals surface area (Å²) in [6.45, 7) is 1.66. The predicted molar refractivity (Wildman–Crippen MR) is 66.6 cm³/mol. The number of carboxylic acid groups (broad SMARTS) is 1. The molecule has 1 unspecified atom stereocenters. The lowest BCUT2D eigenvalue weighted by molar-refractivity contribution is -0.138. The molecule has 1 aliphatic heterocycles. The van der Waals surface area contributed by atoms with Gasteiger partial charge < -0.3 is 10.0 Å². The summed E-state index contributed by atoms with van der Waals surface area (Å²) in [6, 6.07) is 5.45. The van der Waals surface area contributed by atoms with E-state index in [0.717, 1.165) is 16.1 Å². The Morgan fingerprint density at radius 3 is 2.88 bits per heavy atom. The molecule has 1 aromatic carbocycles. The second kappa shape index (κ2) is 4.41. The maximum Gasteiger partial charge on any atom is 0.310 e.